The quantitative estimate of drug-likeness (QED) is 0.358. The van der Waals surface area contributed by atoms with Gasteiger partial charge in [-0.05, 0) is 66.7 Å². The van der Waals surface area contributed by atoms with Crippen molar-refractivity contribution >= 4 is 39.1 Å². The number of fused-ring (bicyclic) bond motifs is 1. The second-order valence-corrected chi connectivity index (χ2v) is 7.53. The van der Waals surface area contributed by atoms with Crippen molar-refractivity contribution in [3.05, 3.63) is 72.3 Å². The van der Waals surface area contributed by atoms with Crippen molar-refractivity contribution in [1.82, 2.24) is 4.98 Å². The van der Waals surface area contributed by atoms with E-state index in [1.165, 1.54) is 6.92 Å². The van der Waals surface area contributed by atoms with Crippen LogP contribution in [0.5, 0.6) is 11.5 Å². The molecule has 0 aliphatic carbocycles. The second-order valence-electron chi connectivity index (χ2n) is 6.50. The summed E-state index contributed by atoms with van der Waals surface area (Å²) in [5.41, 5.74) is 3.04. The molecule has 0 aliphatic rings. The van der Waals surface area contributed by atoms with Gasteiger partial charge in [0, 0.05) is 23.7 Å². The Morgan fingerprint density at radius 1 is 0.933 bits per heavy atom. The Bertz CT molecular complexity index is 1210. The number of hydrogen-bond donors (Lipinski definition) is 1. The van der Waals surface area contributed by atoms with Crippen molar-refractivity contribution in [2.75, 3.05) is 12.4 Å². The molecule has 1 N–H and O–H groups in total. The zero-order chi connectivity index (χ0) is 21.1. The van der Waals surface area contributed by atoms with Crippen LogP contribution in [-0.4, -0.2) is 24.0 Å². The molecule has 1 heterocycles. The molecule has 0 saturated heterocycles. The van der Waals surface area contributed by atoms with Crippen molar-refractivity contribution in [1.29, 1.82) is 0 Å². The van der Waals surface area contributed by atoms with Crippen molar-refractivity contribution in [2.45, 2.75) is 6.92 Å². The molecule has 0 saturated carbocycles. The molecule has 4 rings (SSSR count). The molecule has 1 amide bonds. The molecule has 0 aliphatic heterocycles. The van der Waals surface area contributed by atoms with E-state index in [1.54, 1.807) is 42.7 Å². The smallest absolute Gasteiger partial charge is 0.308 e. The fourth-order valence-electron chi connectivity index (χ4n) is 2.90. The van der Waals surface area contributed by atoms with Crippen LogP contribution in [0.25, 0.3) is 20.8 Å². The van der Waals surface area contributed by atoms with E-state index in [-0.39, 0.29) is 5.91 Å². The summed E-state index contributed by atoms with van der Waals surface area (Å²) in [5.74, 6) is 0.553. The molecule has 6 nitrogen and oxygen atoms in total. The first-order valence-corrected chi connectivity index (χ1v) is 9.98. The van der Waals surface area contributed by atoms with Crippen LogP contribution < -0.4 is 14.8 Å². The number of rotatable bonds is 5. The van der Waals surface area contributed by atoms with Crippen molar-refractivity contribution in [2.24, 2.45) is 0 Å². The third-order valence-corrected chi connectivity index (χ3v) is 5.43. The predicted octanol–water partition coefficient (Wildman–Crippen LogP) is 5.15. The molecule has 30 heavy (non-hydrogen) atoms. The highest BCUT2D eigenvalue weighted by Crippen LogP contribution is 2.32. The Labute approximate surface area is 177 Å². The fraction of sp³-hybridized carbons (Fsp3) is 0.0870. The Hall–Kier alpha value is -3.71. The summed E-state index contributed by atoms with van der Waals surface area (Å²) in [4.78, 5) is 28.1. The molecule has 0 fully saturated rings. The van der Waals surface area contributed by atoms with Crippen LogP contribution >= 0.6 is 11.3 Å². The Kier molecular flexibility index (Phi) is 5.45. The number of thiazole rings is 1. The number of benzene rings is 3. The van der Waals surface area contributed by atoms with Crippen LogP contribution in [0.2, 0.25) is 0 Å². The Morgan fingerprint density at radius 2 is 1.63 bits per heavy atom. The maximum absolute atomic E-state index is 12.4. The lowest BCUT2D eigenvalue weighted by Gasteiger charge is -2.07. The summed E-state index contributed by atoms with van der Waals surface area (Å²) in [6.07, 6.45) is 0. The second kappa shape index (κ2) is 8.34. The third-order valence-electron chi connectivity index (χ3n) is 4.36. The minimum Gasteiger partial charge on any atom is -0.497 e. The minimum absolute atomic E-state index is 0.246. The molecule has 7 heteroatoms. The van der Waals surface area contributed by atoms with E-state index in [0.717, 1.165) is 26.5 Å². The van der Waals surface area contributed by atoms with Gasteiger partial charge in [0.15, 0.2) is 0 Å². The first kappa shape index (κ1) is 19.6. The average molecular weight is 418 g/mol. The van der Waals surface area contributed by atoms with Crippen LogP contribution in [0.15, 0.2) is 66.7 Å². The molecule has 0 bridgehead atoms. The van der Waals surface area contributed by atoms with E-state index in [9.17, 15) is 9.59 Å². The van der Waals surface area contributed by atoms with E-state index in [2.05, 4.69) is 10.3 Å². The number of aromatic nitrogens is 1. The lowest BCUT2D eigenvalue weighted by Crippen LogP contribution is -2.11. The molecule has 3 aromatic carbocycles. The normalized spacial score (nSPS) is 10.6. The van der Waals surface area contributed by atoms with Crippen molar-refractivity contribution < 1.29 is 19.1 Å². The van der Waals surface area contributed by atoms with Gasteiger partial charge >= 0.3 is 5.97 Å². The number of hydrogen-bond acceptors (Lipinski definition) is 6. The van der Waals surface area contributed by atoms with E-state index in [0.29, 0.717) is 17.0 Å². The van der Waals surface area contributed by atoms with Gasteiger partial charge in [-0.2, -0.15) is 0 Å². The maximum atomic E-state index is 12.4. The number of esters is 1. The summed E-state index contributed by atoms with van der Waals surface area (Å²) < 4.78 is 11.3. The van der Waals surface area contributed by atoms with Crippen LogP contribution in [-0.2, 0) is 4.79 Å². The summed E-state index contributed by atoms with van der Waals surface area (Å²) >= 11 is 1.59. The zero-order valence-electron chi connectivity index (χ0n) is 16.3. The van der Waals surface area contributed by atoms with E-state index >= 15 is 0 Å². The summed E-state index contributed by atoms with van der Waals surface area (Å²) in [6, 6.07) is 19.7. The lowest BCUT2D eigenvalue weighted by atomic mass is 10.2. The van der Waals surface area contributed by atoms with Gasteiger partial charge < -0.3 is 14.8 Å². The topological polar surface area (TPSA) is 77.5 Å². The number of methoxy groups -OCH3 is 1. The maximum Gasteiger partial charge on any atom is 0.308 e. The summed E-state index contributed by atoms with van der Waals surface area (Å²) in [7, 11) is 1.64. The predicted molar refractivity (Wildman–Crippen MR) is 117 cm³/mol. The minimum atomic E-state index is -0.403. The summed E-state index contributed by atoms with van der Waals surface area (Å²) in [5, 5.41) is 3.76. The van der Waals surface area contributed by atoms with E-state index in [1.807, 2.05) is 42.5 Å². The standard InChI is InChI=1S/C23H18N2O4S/c1-14(26)29-18-9-5-15(6-10-18)22(27)24-17-7-3-16(4-8-17)23-25-20-12-11-19(28-2)13-21(20)30-23/h3-13H,1-2H3,(H,24,27). The van der Waals surface area contributed by atoms with Crippen molar-refractivity contribution in [3.63, 3.8) is 0 Å². The number of nitrogens with one attached hydrogen (secondary N) is 1. The number of ether oxygens (including phenoxy) is 2. The molecule has 150 valence electrons. The Morgan fingerprint density at radius 3 is 2.30 bits per heavy atom. The lowest BCUT2D eigenvalue weighted by molar-refractivity contribution is -0.131. The van der Waals surface area contributed by atoms with Gasteiger partial charge in [-0.25, -0.2) is 4.98 Å². The van der Waals surface area contributed by atoms with Gasteiger partial charge in [0.2, 0.25) is 0 Å². The van der Waals surface area contributed by atoms with Gasteiger partial charge in [0.25, 0.3) is 5.91 Å². The van der Waals surface area contributed by atoms with Gasteiger partial charge in [0.05, 0.1) is 17.3 Å². The molecule has 0 atom stereocenters. The SMILES string of the molecule is COc1ccc2nc(-c3ccc(NC(=O)c4ccc(OC(C)=O)cc4)cc3)sc2c1. The van der Waals surface area contributed by atoms with Crippen LogP contribution in [0.3, 0.4) is 0 Å². The molecule has 1 aromatic heterocycles. The fourth-order valence-corrected chi connectivity index (χ4v) is 3.89. The van der Waals surface area contributed by atoms with Gasteiger partial charge in [-0.15, -0.1) is 11.3 Å². The van der Waals surface area contributed by atoms with E-state index < -0.39 is 5.97 Å². The number of carbonyl (C=O) groups is 2. The Balaban J connectivity index is 1.47. The molecular weight excluding hydrogens is 400 g/mol. The highest BCUT2D eigenvalue weighted by atomic mass is 32.1. The van der Waals surface area contributed by atoms with Gasteiger partial charge in [-0.3, -0.25) is 9.59 Å². The average Bonchev–Trinajstić information content (AvgIpc) is 3.17. The van der Waals surface area contributed by atoms with Crippen LogP contribution in [0, 0.1) is 0 Å². The number of amides is 1. The first-order valence-electron chi connectivity index (χ1n) is 9.17. The number of nitrogens with zero attached hydrogens (tertiary/aromatic N) is 1. The van der Waals surface area contributed by atoms with E-state index in [4.69, 9.17) is 9.47 Å². The summed E-state index contributed by atoms with van der Waals surface area (Å²) in [6.45, 7) is 1.33. The molecular formula is C23H18N2O4S. The van der Waals surface area contributed by atoms with Crippen LogP contribution in [0.1, 0.15) is 17.3 Å². The van der Waals surface area contributed by atoms with Gasteiger partial charge in [0.1, 0.15) is 16.5 Å². The zero-order valence-corrected chi connectivity index (χ0v) is 17.2. The molecule has 0 unspecified atom stereocenters. The third kappa shape index (κ3) is 4.31. The molecule has 0 spiro atoms. The monoisotopic (exact) mass is 418 g/mol. The molecule has 4 aromatic rings. The number of anilines is 1. The highest BCUT2D eigenvalue weighted by Gasteiger charge is 2.10. The van der Waals surface area contributed by atoms with Crippen molar-refractivity contribution in [3.8, 4) is 22.1 Å². The largest absolute Gasteiger partial charge is 0.497 e. The van der Waals surface area contributed by atoms with Gasteiger partial charge in [-0.1, -0.05) is 0 Å². The first-order chi connectivity index (χ1) is 14.5. The highest BCUT2D eigenvalue weighted by molar-refractivity contribution is 7.21. The molecule has 0 radical (unpaired) electrons. The number of carbonyl (C=O) groups excluding carboxylic acids is 2. The van der Waals surface area contributed by atoms with Crippen LogP contribution in [0.4, 0.5) is 5.69 Å².